The van der Waals surface area contributed by atoms with E-state index in [1.807, 2.05) is 0 Å². The van der Waals surface area contributed by atoms with E-state index in [4.69, 9.17) is 10.5 Å². The first-order chi connectivity index (χ1) is 7.63. The van der Waals surface area contributed by atoms with Gasteiger partial charge < -0.3 is 15.6 Å². The molecule has 0 spiro atoms. The van der Waals surface area contributed by atoms with Crippen molar-refractivity contribution in [2.75, 3.05) is 0 Å². The van der Waals surface area contributed by atoms with Crippen LogP contribution in [-0.4, -0.2) is 23.4 Å². The van der Waals surface area contributed by atoms with E-state index < -0.39 is 18.3 Å². The maximum Gasteiger partial charge on any atom is 0.404 e. The van der Waals surface area contributed by atoms with Gasteiger partial charge in [-0.15, -0.1) is 6.58 Å². The number of carbonyl (C=O) groups is 1. The predicted molar refractivity (Wildman–Crippen MR) is 61.9 cm³/mol. The smallest absolute Gasteiger partial charge is 0.404 e. The normalized spacial score (nSPS) is 21.1. The summed E-state index contributed by atoms with van der Waals surface area (Å²) in [6, 6.07) is 0. The number of primary amides is 1. The fourth-order valence-corrected chi connectivity index (χ4v) is 2.31. The van der Waals surface area contributed by atoms with Gasteiger partial charge in [-0.1, -0.05) is 38.2 Å². The highest BCUT2D eigenvalue weighted by atomic mass is 16.6. The number of aliphatic hydroxyl groups is 1. The molecule has 0 bridgehead atoms. The molecule has 0 aromatic rings. The van der Waals surface area contributed by atoms with Crippen molar-refractivity contribution >= 4 is 6.09 Å². The van der Waals surface area contributed by atoms with E-state index in [1.54, 1.807) is 0 Å². The van der Waals surface area contributed by atoms with Crippen molar-refractivity contribution in [3.8, 4) is 0 Å². The topological polar surface area (TPSA) is 72.6 Å². The Morgan fingerprint density at radius 3 is 2.62 bits per heavy atom. The molecule has 4 heteroatoms. The molecular formula is C12H21NO3. The van der Waals surface area contributed by atoms with Crippen LogP contribution in [0.1, 0.15) is 38.5 Å². The van der Waals surface area contributed by atoms with Gasteiger partial charge in [-0.05, 0) is 12.3 Å². The van der Waals surface area contributed by atoms with Crippen molar-refractivity contribution in [1.29, 1.82) is 0 Å². The third-order valence-corrected chi connectivity index (χ3v) is 3.18. The lowest BCUT2D eigenvalue weighted by molar-refractivity contribution is 0.0127. The molecule has 1 amide bonds. The Bertz CT molecular complexity index is 236. The summed E-state index contributed by atoms with van der Waals surface area (Å²) >= 11 is 0. The summed E-state index contributed by atoms with van der Waals surface area (Å²) in [6.07, 6.45) is 5.87. The standard InChI is InChI=1S/C12H21NO3/c1-2-10(14)11(16-12(13)15)8-9-6-4-3-5-7-9/h2,9-11,14H,1,3-8H2,(H2,13,15)/t10-,11-/m0/s1. The molecule has 1 aliphatic rings. The van der Waals surface area contributed by atoms with Crippen LogP contribution in [0.3, 0.4) is 0 Å². The molecule has 3 N–H and O–H groups in total. The van der Waals surface area contributed by atoms with Crippen molar-refractivity contribution in [3.63, 3.8) is 0 Å². The van der Waals surface area contributed by atoms with E-state index in [0.717, 1.165) is 12.8 Å². The number of carbonyl (C=O) groups excluding carboxylic acids is 1. The van der Waals surface area contributed by atoms with Crippen LogP contribution >= 0.6 is 0 Å². The van der Waals surface area contributed by atoms with E-state index in [1.165, 1.54) is 25.3 Å². The van der Waals surface area contributed by atoms with Crippen LogP contribution in [-0.2, 0) is 4.74 Å². The first-order valence-corrected chi connectivity index (χ1v) is 5.90. The number of rotatable bonds is 5. The largest absolute Gasteiger partial charge is 0.443 e. The van der Waals surface area contributed by atoms with Gasteiger partial charge in [-0.25, -0.2) is 4.79 Å². The Balaban J connectivity index is 2.47. The maximum atomic E-state index is 10.7. The molecule has 16 heavy (non-hydrogen) atoms. The fraction of sp³-hybridized carbons (Fsp3) is 0.750. The highest BCUT2D eigenvalue weighted by molar-refractivity contribution is 5.64. The molecule has 1 fully saturated rings. The van der Waals surface area contributed by atoms with E-state index in [9.17, 15) is 9.90 Å². The molecule has 0 aromatic carbocycles. The van der Waals surface area contributed by atoms with Gasteiger partial charge in [0.25, 0.3) is 0 Å². The van der Waals surface area contributed by atoms with Gasteiger partial charge in [0, 0.05) is 0 Å². The summed E-state index contributed by atoms with van der Waals surface area (Å²) < 4.78 is 4.92. The van der Waals surface area contributed by atoms with E-state index >= 15 is 0 Å². The summed E-state index contributed by atoms with van der Waals surface area (Å²) in [7, 11) is 0. The number of amides is 1. The Morgan fingerprint density at radius 1 is 1.50 bits per heavy atom. The van der Waals surface area contributed by atoms with E-state index in [-0.39, 0.29) is 0 Å². The molecule has 0 aromatic heterocycles. The molecule has 4 nitrogen and oxygen atoms in total. The molecule has 0 radical (unpaired) electrons. The highest BCUT2D eigenvalue weighted by Gasteiger charge is 2.25. The Hall–Kier alpha value is -1.03. The Kier molecular flexibility index (Phi) is 5.32. The monoisotopic (exact) mass is 227 g/mol. The number of nitrogens with two attached hydrogens (primary N) is 1. The van der Waals surface area contributed by atoms with E-state index in [2.05, 4.69) is 6.58 Å². The van der Waals surface area contributed by atoms with Gasteiger partial charge in [0.15, 0.2) is 0 Å². The third-order valence-electron chi connectivity index (χ3n) is 3.18. The summed E-state index contributed by atoms with van der Waals surface area (Å²) in [5.74, 6) is 0.521. The summed E-state index contributed by atoms with van der Waals surface area (Å²) in [5.41, 5.74) is 4.98. The predicted octanol–water partition coefficient (Wildman–Crippen LogP) is 1.97. The Morgan fingerprint density at radius 2 is 2.12 bits per heavy atom. The maximum absolute atomic E-state index is 10.7. The second-order valence-electron chi connectivity index (χ2n) is 4.44. The first kappa shape index (κ1) is 13.0. The van der Waals surface area contributed by atoms with Gasteiger partial charge in [0.2, 0.25) is 0 Å². The molecule has 0 unspecified atom stereocenters. The minimum atomic E-state index is -0.832. The lowest BCUT2D eigenvalue weighted by Gasteiger charge is -2.27. The average molecular weight is 227 g/mol. The zero-order chi connectivity index (χ0) is 12.0. The first-order valence-electron chi connectivity index (χ1n) is 5.90. The molecule has 1 rings (SSSR count). The molecule has 0 aliphatic heterocycles. The number of ether oxygens (including phenoxy) is 1. The van der Waals surface area contributed by atoms with Crippen LogP contribution < -0.4 is 5.73 Å². The minimum Gasteiger partial charge on any atom is -0.443 e. The van der Waals surface area contributed by atoms with Crippen LogP contribution in [0, 0.1) is 5.92 Å². The second-order valence-corrected chi connectivity index (χ2v) is 4.44. The number of aliphatic hydroxyl groups excluding tert-OH is 1. The van der Waals surface area contributed by atoms with Crippen molar-refractivity contribution in [1.82, 2.24) is 0 Å². The molecule has 0 heterocycles. The molecular weight excluding hydrogens is 206 g/mol. The summed E-state index contributed by atoms with van der Waals surface area (Å²) in [4.78, 5) is 10.7. The van der Waals surface area contributed by atoms with Crippen LogP contribution in [0.4, 0.5) is 4.79 Å². The van der Waals surface area contributed by atoms with Crippen LogP contribution in [0.5, 0.6) is 0 Å². The summed E-state index contributed by atoms with van der Waals surface area (Å²) in [5, 5.41) is 9.65. The highest BCUT2D eigenvalue weighted by Crippen LogP contribution is 2.28. The van der Waals surface area contributed by atoms with Gasteiger partial charge in [0.1, 0.15) is 12.2 Å². The molecule has 2 atom stereocenters. The quantitative estimate of drug-likeness (QED) is 0.705. The van der Waals surface area contributed by atoms with E-state index in [0.29, 0.717) is 12.3 Å². The van der Waals surface area contributed by atoms with Crippen LogP contribution in [0.15, 0.2) is 12.7 Å². The number of hydrogen-bond donors (Lipinski definition) is 2. The minimum absolute atomic E-state index is 0.521. The zero-order valence-electron chi connectivity index (χ0n) is 9.60. The van der Waals surface area contributed by atoms with Crippen LogP contribution in [0.2, 0.25) is 0 Å². The van der Waals surface area contributed by atoms with Crippen molar-refractivity contribution in [2.45, 2.75) is 50.7 Å². The fourth-order valence-electron chi connectivity index (χ4n) is 2.31. The molecule has 1 saturated carbocycles. The van der Waals surface area contributed by atoms with Gasteiger partial charge in [0.05, 0.1) is 0 Å². The van der Waals surface area contributed by atoms with Gasteiger partial charge in [-0.2, -0.15) is 0 Å². The van der Waals surface area contributed by atoms with Crippen molar-refractivity contribution in [3.05, 3.63) is 12.7 Å². The van der Waals surface area contributed by atoms with Crippen molar-refractivity contribution in [2.24, 2.45) is 11.7 Å². The zero-order valence-corrected chi connectivity index (χ0v) is 9.60. The lowest BCUT2D eigenvalue weighted by atomic mass is 9.84. The number of hydrogen-bond acceptors (Lipinski definition) is 3. The SMILES string of the molecule is C=C[C@H](O)[C@H](CC1CCCCC1)OC(N)=O. The molecule has 92 valence electrons. The lowest BCUT2D eigenvalue weighted by Crippen LogP contribution is -2.34. The third kappa shape index (κ3) is 4.23. The Labute approximate surface area is 96.5 Å². The van der Waals surface area contributed by atoms with Gasteiger partial charge in [-0.3, -0.25) is 0 Å². The van der Waals surface area contributed by atoms with Crippen LogP contribution in [0.25, 0.3) is 0 Å². The van der Waals surface area contributed by atoms with Crippen molar-refractivity contribution < 1.29 is 14.6 Å². The average Bonchev–Trinajstić information content (AvgIpc) is 2.28. The summed E-state index contributed by atoms with van der Waals surface area (Å²) in [6.45, 7) is 3.50. The van der Waals surface area contributed by atoms with Gasteiger partial charge >= 0.3 is 6.09 Å². The second kappa shape index (κ2) is 6.53. The molecule has 0 saturated heterocycles. The molecule has 1 aliphatic carbocycles.